The molecule has 98 valence electrons. The fourth-order valence-corrected chi connectivity index (χ4v) is 1.37. The van der Waals surface area contributed by atoms with Crippen molar-refractivity contribution in [3.8, 4) is 0 Å². The number of rotatable bonds is 3. The molecule has 1 aliphatic rings. The number of ketones is 1. The Hall–Kier alpha value is -1.39. The van der Waals surface area contributed by atoms with E-state index < -0.39 is 0 Å². The van der Waals surface area contributed by atoms with Crippen molar-refractivity contribution < 1.29 is 15.8 Å². The summed E-state index contributed by atoms with van der Waals surface area (Å²) >= 11 is 0. The Morgan fingerprint density at radius 3 is 2.18 bits per heavy atom. The molecular formula is C12H22N2O3. The van der Waals surface area contributed by atoms with E-state index in [0.29, 0.717) is 5.92 Å². The van der Waals surface area contributed by atoms with Crippen molar-refractivity contribution >= 4 is 17.6 Å². The van der Waals surface area contributed by atoms with E-state index in [4.69, 9.17) is 1.37 Å². The van der Waals surface area contributed by atoms with Crippen molar-refractivity contribution in [2.45, 2.75) is 46.1 Å². The summed E-state index contributed by atoms with van der Waals surface area (Å²) in [7, 11) is 1.53. The van der Waals surface area contributed by atoms with Gasteiger partial charge in [0.05, 0.1) is 0 Å². The minimum absolute atomic E-state index is 0.0558. The van der Waals surface area contributed by atoms with E-state index in [9.17, 15) is 14.4 Å². The third-order valence-electron chi connectivity index (χ3n) is 2.57. The van der Waals surface area contributed by atoms with Crippen LogP contribution in [0.15, 0.2) is 0 Å². The molecule has 0 aliphatic heterocycles. The van der Waals surface area contributed by atoms with Gasteiger partial charge in [0, 0.05) is 14.5 Å². The first-order valence-electron chi connectivity index (χ1n) is 6.40. The van der Waals surface area contributed by atoms with E-state index in [2.05, 4.69) is 17.6 Å². The van der Waals surface area contributed by atoms with Crippen LogP contribution in [0.1, 0.15) is 41.4 Å². The number of Topliss-reactive ketones (excluding diaryl/α,β-unsaturated/α-hetero) is 1. The molecule has 2 amide bonds. The van der Waals surface area contributed by atoms with E-state index in [-0.39, 0.29) is 37.0 Å². The molecule has 1 rings (SSSR count). The molecule has 0 saturated heterocycles. The molecule has 5 heteroatoms. The molecule has 2 unspecified atom stereocenters. The van der Waals surface area contributed by atoms with E-state index in [1.165, 1.54) is 20.4 Å². The monoisotopic (exact) mass is 243 g/mol. The van der Waals surface area contributed by atoms with Gasteiger partial charge in [0.1, 0.15) is 12.2 Å². The maximum Gasteiger partial charge on any atom is 0.229 e. The van der Waals surface area contributed by atoms with Crippen LogP contribution in [-0.4, -0.2) is 30.7 Å². The quantitative estimate of drug-likeness (QED) is 0.714. The van der Waals surface area contributed by atoms with Crippen LogP contribution in [0.2, 0.25) is 0 Å². The molecule has 1 fully saturated rings. The summed E-state index contributed by atoms with van der Waals surface area (Å²) in [6.07, 6.45) is 2.16. The molecule has 0 spiro atoms. The van der Waals surface area contributed by atoms with Crippen molar-refractivity contribution in [3.05, 3.63) is 0 Å². The SMILES string of the molecule is CNC(=O)CC(=O)NC1CCC1C.[2H]CC(C)=O. The van der Waals surface area contributed by atoms with Crippen LogP contribution in [0, 0.1) is 5.92 Å². The first kappa shape index (κ1) is 13.7. The van der Waals surface area contributed by atoms with Gasteiger partial charge in [-0.2, -0.15) is 0 Å². The molecule has 1 aliphatic carbocycles. The summed E-state index contributed by atoms with van der Waals surface area (Å²) < 4.78 is 6.31. The van der Waals surface area contributed by atoms with Crippen molar-refractivity contribution in [1.29, 1.82) is 0 Å². The van der Waals surface area contributed by atoms with E-state index in [1.54, 1.807) is 0 Å². The van der Waals surface area contributed by atoms with Crippen LogP contribution < -0.4 is 10.6 Å². The summed E-state index contributed by atoms with van der Waals surface area (Å²) in [5.41, 5.74) is 0. The van der Waals surface area contributed by atoms with Crippen molar-refractivity contribution in [2.75, 3.05) is 7.05 Å². The molecule has 2 atom stereocenters. The van der Waals surface area contributed by atoms with Crippen LogP contribution in [0.5, 0.6) is 0 Å². The summed E-state index contributed by atoms with van der Waals surface area (Å²) in [5.74, 6) is 0.0824. The first-order valence-corrected chi connectivity index (χ1v) is 5.69. The predicted molar refractivity (Wildman–Crippen MR) is 65.4 cm³/mol. The third kappa shape index (κ3) is 7.49. The molecule has 0 aromatic heterocycles. The molecule has 0 heterocycles. The molecule has 17 heavy (non-hydrogen) atoms. The maximum atomic E-state index is 11.2. The lowest BCUT2D eigenvalue weighted by Gasteiger charge is -2.34. The Kier molecular flexibility index (Phi) is 6.29. The Morgan fingerprint density at radius 2 is 1.88 bits per heavy atom. The Balaban J connectivity index is 0.000000494. The zero-order valence-corrected chi connectivity index (χ0v) is 10.7. The van der Waals surface area contributed by atoms with Crippen molar-refractivity contribution in [1.82, 2.24) is 10.6 Å². The predicted octanol–water partition coefficient (Wildman–Crippen LogP) is 0.632. The summed E-state index contributed by atoms with van der Waals surface area (Å²) in [6, 6.07) is 0.289. The van der Waals surface area contributed by atoms with Gasteiger partial charge in [0.15, 0.2) is 0 Å². The Labute approximate surface area is 104 Å². The van der Waals surface area contributed by atoms with E-state index in [1.807, 2.05) is 0 Å². The topological polar surface area (TPSA) is 75.3 Å². The fraction of sp³-hybridized carbons (Fsp3) is 0.750. The highest BCUT2D eigenvalue weighted by Gasteiger charge is 2.28. The second-order valence-corrected chi connectivity index (χ2v) is 4.28. The van der Waals surface area contributed by atoms with Crippen LogP contribution in [0.4, 0.5) is 0 Å². The van der Waals surface area contributed by atoms with E-state index in [0.717, 1.165) is 6.42 Å². The number of hydrogen-bond donors (Lipinski definition) is 2. The lowest BCUT2D eigenvalue weighted by Crippen LogP contribution is -2.46. The second kappa shape index (κ2) is 7.81. The second-order valence-electron chi connectivity index (χ2n) is 4.28. The Bertz CT molecular complexity index is 308. The fourth-order valence-electron chi connectivity index (χ4n) is 1.37. The largest absolute Gasteiger partial charge is 0.359 e. The van der Waals surface area contributed by atoms with Gasteiger partial charge in [-0.1, -0.05) is 6.92 Å². The normalized spacial score (nSPS) is 22.2. The third-order valence-corrected chi connectivity index (χ3v) is 2.57. The number of hydrogen-bond acceptors (Lipinski definition) is 3. The minimum Gasteiger partial charge on any atom is -0.359 e. The highest BCUT2D eigenvalue weighted by atomic mass is 16.2. The van der Waals surface area contributed by atoms with Gasteiger partial charge in [-0.25, -0.2) is 0 Å². The molecule has 2 N–H and O–H groups in total. The van der Waals surface area contributed by atoms with Crippen LogP contribution in [0.3, 0.4) is 0 Å². The van der Waals surface area contributed by atoms with Gasteiger partial charge in [-0.3, -0.25) is 9.59 Å². The van der Waals surface area contributed by atoms with Crippen LogP contribution in [-0.2, 0) is 14.4 Å². The zero-order chi connectivity index (χ0) is 14.1. The summed E-state index contributed by atoms with van der Waals surface area (Å²) in [5, 5.41) is 5.25. The molecule has 0 aromatic carbocycles. The molecular weight excluding hydrogens is 220 g/mol. The molecule has 5 nitrogen and oxygen atoms in total. The standard InChI is InChI=1S/C9H16N2O2.C3H6O/c1-6-3-4-7(6)11-9(13)5-8(12)10-2;1-3(2)4/h6-7H,3-5H2,1-2H3,(H,10,12)(H,11,13);1-2H3/i;1D. The smallest absolute Gasteiger partial charge is 0.229 e. The number of carbonyl (C=O) groups excluding carboxylic acids is 3. The van der Waals surface area contributed by atoms with Crippen LogP contribution >= 0.6 is 0 Å². The highest BCUT2D eigenvalue weighted by Crippen LogP contribution is 2.26. The summed E-state index contributed by atoms with van der Waals surface area (Å²) in [6.45, 7) is 3.42. The number of carbonyl (C=O) groups is 3. The highest BCUT2D eigenvalue weighted by molar-refractivity contribution is 5.96. The van der Waals surface area contributed by atoms with Crippen molar-refractivity contribution in [3.63, 3.8) is 0 Å². The van der Waals surface area contributed by atoms with Gasteiger partial charge in [-0.15, -0.1) is 0 Å². The lowest BCUT2D eigenvalue weighted by molar-refractivity contribution is -0.130. The van der Waals surface area contributed by atoms with Crippen LogP contribution in [0.25, 0.3) is 0 Å². The average Bonchev–Trinajstić information content (AvgIpc) is 2.34. The van der Waals surface area contributed by atoms with Gasteiger partial charge >= 0.3 is 0 Å². The van der Waals surface area contributed by atoms with Gasteiger partial charge < -0.3 is 15.4 Å². The average molecular weight is 243 g/mol. The number of amides is 2. The van der Waals surface area contributed by atoms with E-state index >= 15 is 0 Å². The number of nitrogens with one attached hydrogen (secondary N) is 2. The molecule has 0 aromatic rings. The van der Waals surface area contributed by atoms with Gasteiger partial charge in [0.25, 0.3) is 0 Å². The zero-order valence-electron chi connectivity index (χ0n) is 11.7. The lowest BCUT2D eigenvalue weighted by atomic mass is 9.81. The van der Waals surface area contributed by atoms with Gasteiger partial charge in [0.2, 0.25) is 11.8 Å². The molecule has 0 bridgehead atoms. The minimum atomic E-state index is -0.232. The van der Waals surface area contributed by atoms with Gasteiger partial charge in [-0.05, 0) is 32.6 Å². The summed E-state index contributed by atoms with van der Waals surface area (Å²) in [4.78, 5) is 31.6. The molecule has 0 radical (unpaired) electrons. The first-order chi connectivity index (χ1) is 8.40. The molecule has 1 saturated carbocycles. The maximum absolute atomic E-state index is 11.2. The Morgan fingerprint density at radius 1 is 1.29 bits per heavy atom. The van der Waals surface area contributed by atoms with Crippen molar-refractivity contribution in [2.24, 2.45) is 5.92 Å².